The Morgan fingerprint density at radius 2 is 1.80 bits per heavy atom. The lowest BCUT2D eigenvalue weighted by Crippen LogP contribution is -2.58. The zero-order valence-corrected chi connectivity index (χ0v) is 19.8. The molecule has 1 aliphatic heterocycles. The number of hydrogen-bond acceptors (Lipinski definition) is 4. The van der Waals surface area contributed by atoms with Crippen molar-refractivity contribution in [1.29, 1.82) is 0 Å². The molecule has 35 heavy (non-hydrogen) atoms. The van der Waals surface area contributed by atoms with Gasteiger partial charge in [0.2, 0.25) is 5.91 Å². The van der Waals surface area contributed by atoms with E-state index >= 15 is 0 Å². The first kappa shape index (κ1) is 24.3. The number of nitrogens with one attached hydrogen (secondary N) is 1. The summed E-state index contributed by atoms with van der Waals surface area (Å²) in [6.07, 6.45) is 6.61. The number of hydrogen-bond donors (Lipinski definition) is 2. The number of carbonyl (C=O) groups excluding carboxylic acids is 2. The molecule has 2 amide bonds. The maximum Gasteiger partial charge on any atom is 0.407 e. The molecular formula is C28H30N2O5. The van der Waals surface area contributed by atoms with Crippen LogP contribution in [0.25, 0.3) is 11.1 Å². The molecule has 0 radical (unpaired) electrons. The Morgan fingerprint density at radius 3 is 2.37 bits per heavy atom. The third kappa shape index (κ3) is 4.49. The first-order valence-electron chi connectivity index (χ1n) is 12.0. The summed E-state index contributed by atoms with van der Waals surface area (Å²) in [4.78, 5) is 39.6. The van der Waals surface area contributed by atoms with Crippen molar-refractivity contribution in [3.05, 3.63) is 59.7 Å². The molecule has 1 saturated heterocycles. The molecule has 0 spiro atoms. The fourth-order valence-electron chi connectivity index (χ4n) is 5.49. The highest BCUT2D eigenvalue weighted by Crippen LogP contribution is 2.44. The Hall–Kier alpha value is -3.79. The second-order valence-corrected chi connectivity index (χ2v) is 9.11. The molecule has 0 saturated carbocycles. The number of likely N-dealkylation sites (tertiary alicyclic amines) is 1. The minimum Gasteiger partial charge on any atom is -0.479 e. The van der Waals surface area contributed by atoms with Crippen LogP contribution in [-0.2, 0) is 14.3 Å². The van der Waals surface area contributed by atoms with E-state index in [4.69, 9.17) is 11.2 Å². The van der Waals surface area contributed by atoms with Gasteiger partial charge in [-0.1, -0.05) is 61.9 Å². The van der Waals surface area contributed by atoms with Crippen LogP contribution < -0.4 is 5.32 Å². The van der Waals surface area contributed by atoms with Gasteiger partial charge in [-0.05, 0) is 41.5 Å². The number of rotatable bonds is 8. The van der Waals surface area contributed by atoms with E-state index in [2.05, 4.69) is 23.4 Å². The predicted molar refractivity (Wildman–Crippen MR) is 132 cm³/mol. The van der Waals surface area contributed by atoms with Crippen molar-refractivity contribution in [2.75, 3.05) is 13.2 Å². The zero-order valence-electron chi connectivity index (χ0n) is 19.8. The van der Waals surface area contributed by atoms with E-state index < -0.39 is 29.6 Å². The van der Waals surface area contributed by atoms with Crippen LogP contribution in [0.4, 0.5) is 4.79 Å². The molecular weight excluding hydrogens is 444 g/mol. The van der Waals surface area contributed by atoms with Gasteiger partial charge in [0, 0.05) is 18.9 Å². The van der Waals surface area contributed by atoms with E-state index in [9.17, 15) is 19.5 Å². The SMILES string of the molecule is C#CCC(NC(=O)OCC1c2ccccc2-c2ccccc21)C(=O)N1CCCC1(CCC)C(=O)O. The molecule has 2 unspecified atom stereocenters. The van der Waals surface area contributed by atoms with E-state index in [1.165, 1.54) is 4.90 Å². The normalized spacial score (nSPS) is 19.4. The lowest BCUT2D eigenvalue weighted by Gasteiger charge is -2.36. The van der Waals surface area contributed by atoms with Gasteiger partial charge in [-0.25, -0.2) is 9.59 Å². The summed E-state index contributed by atoms with van der Waals surface area (Å²) < 4.78 is 5.57. The summed E-state index contributed by atoms with van der Waals surface area (Å²) in [6.45, 7) is 2.31. The quantitative estimate of drug-likeness (QED) is 0.560. The van der Waals surface area contributed by atoms with Gasteiger partial charge in [0.25, 0.3) is 0 Å². The highest BCUT2D eigenvalue weighted by molar-refractivity contribution is 5.92. The fraction of sp³-hybridized carbons (Fsp3) is 0.393. The number of benzene rings is 2. The van der Waals surface area contributed by atoms with Crippen LogP contribution in [0.15, 0.2) is 48.5 Å². The summed E-state index contributed by atoms with van der Waals surface area (Å²) in [5.41, 5.74) is 3.14. The number of carboxylic acids is 1. The lowest BCUT2D eigenvalue weighted by atomic mass is 9.90. The molecule has 0 aromatic heterocycles. The number of carbonyl (C=O) groups is 3. The molecule has 7 nitrogen and oxygen atoms in total. The Kier molecular flexibility index (Phi) is 7.11. The smallest absolute Gasteiger partial charge is 0.407 e. The van der Waals surface area contributed by atoms with E-state index in [0.29, 0.717) is 32.2 Å². The number of carboxylic acid groups (broad SMARTS) is 1. The summed E-state index contributed by atoms with van der Waals surface area (Å²) in [7, 11) is 0. The maximum atomic E-state index is 13.4. The molecule has 182 valence electrons. The maximum absolute atomic E-state index is 13.4. The van der Waals surface area contributed by atoms with Crippen molar-refractivity contribution in [2.45, 2.75) is 56.5 Å². The molecule has 2 aromatic carbocycles. The van der Waals surface area contributed by atoms with Crippen LogP contribution in [0, 0.1) is 12.3 Å². The zero-order chi connectivity index (χ0) is 25.0. The molecule has 2 aromatic rings. The first-order valence-corrected chi connectivity index (χ1v) is 12.0. The first-order chi connectivity index (χ1) is 16.9. The number of ether oxygens (including phenoxy) is 1. The van der Waals surface area contributed by atoms with Crippen molar-refractivity contribution in [2.24, 2.45) is 0 Å². The highest BCUT2D eigenvalue weighted by atomic mass is 16.5. The molecule has 1 heterocycles. The third-order valence-electron chi connectivity index (χ3n) is 7.07. The van der Waals surface area contributed by atoms with Gasteiger partial charge in [-0.15, -0.1) is 12.3 Å². The minimum absolute atomic E-state index is 0.0542. The minimum atomic E-state index is -1.26. The molecule has 7 heteroatoms. The molecule has 2 atom stereocenters. The van der Waals surface area contributed by atoms with Gasteiger partial charge in [-0.2, -0.15) is 0 Å². The van der Waals surface area contributed by atoms with Crippen molar-refractivity contribution in [3.8, 4) is 23.5 Å². The molecule has 1 fully saturated rings. The third-order valence-corrected chi connectivity index (χ3v) is 7.07. The second kappa shape index (κ2) is 10.2. The molecule has 2 N–H and O–H groups in total. The number of amides is 2. The monoisotopic (exact) mass is 474 g/mol. The number of aliphatic carboxylic acids is 1. The van der Waals surface area contributed by atoms with Crippen LogP contribution in [0.2, 0.25) is 0 Å². The Balaban J connectivity index is 1.46. The standard InChI is InChI=1S/C28H30N2O5/c1-3-10-24(25(31)30-17-9-16-28(30,15-4-2)26(32)33)29-27(34)35-18-23-21-13-7-5-11-19(21)20-12-6-8-14-22(20)23/h1,5-8,11-14,23-24H,4,9-10,15-18H2,2H3,(H,29,34)(H,32,33). The van der Waals surface area contributed by atoms with E-state index in [0.717, 1.165) is 22.3 Å². The molecule has 1 aliphatic carbocycles. The van der Waals surface area contributed by atoms with Crippen molar-refractivity contribution >= 4 is 18.0 Å². The predicted octanol–water partition coefficient (Wildman–Crippen LogP) is 4.16. The van der Waals surface area contributed by atoms with Crippen LogP contribution >= 0.6 is 0 Å². The number of nitrogens with zero attached hydrogens (tertiary/aromatic N) is 1. The van der Waals surface area contributed by atoms with Gasteiger partial charge >= 0.3 is 12.1 Å². The largest absolute Gasteiger partial charge is 0.479 e. The Bertz CT molecular complexity index is 1120. The average molecular weight is 475 g/mol. The van der Waals surface area contributed by atoms with Gasteiger partial charge < -0.3 is 20.1 Å². The second-order valence-electron chi connectivity index (χ2n) is 9.11. The van der Waals surface area contributed by atoms with Crippen LogP contribution in [-0.4, -0.2) is 52.7 Å². The highest BCUT2D eigenvalue weighted by Gasteiger charge is 2.50. The molecule has 2 aliphatic rings. The Labute approximate surface area is 205 Å². The van der Waals surface area contributed by atoms with Crippen LogP contribution in [0.5, 0.6) is 0 Å². The number of terminal acetylenes is 1. The fourth-order valence-corrected chi connectivity index (χ4v) is 5.49. The summed E-state index contributed by atoms with van der Waals surface area (Å²) >= 11 is 0. The van der Waals surface area contributed by atoms with Crippen LogP contribution in [0.1, 0.15) is 56.1 Å². The van der Waals surface area contributed by atoms with Gasteiger partial charge in [0.1, 0.15) is 18.2 Å². The number of fused-ring (bicyclic) bond motifs is 3. The van der Waals surface area contributed by atoms with Gasteiger partial charge in [0.05, 0.1) is 0 Å². The Morgan fingerprint density at radius 1 is 1.17 bits per heavy atom. The van der Waals surface area contributed by atoms with Gasteiger partial charge in [-0.3, -0.25) is 4.79 Å². The average Bonchev–Trinajstić information content (AvgIpc) is 3.42. The topological polar surface area (TPSA) is 95.9 Å². The summed E-state index contributed by atoms with van der Waals surface area (Å²) in [5, 5.41) is 12.5. The van der Waals surface area contributed by atoms with E-state index in [1.54, 1.807) is 0 Å². The van der Waals surface area contributed by atoms with E-state index in [-0.39, 0.29) is 18.9 Å². The molecule has 4 rings (SSSR count). The molecule has 0 bridgehead atoms. The lowest BCUT2D eigenvalue weighted by molar-refractivity contribution is -0.157. The van der Waals surface area contributed by atoms with Crippen molar-refractivity contribution in [1.82, 2.24) is 10.2 Å². The van der Waals surface area contributed by atoms with Crippen LogP contribution in [0.3, 0.4) is 0 Å². The van der Waals surface area contributed by atoms with Gasteiger partial charge in [0.15, 0.2) is 0 Å². The summed E-state index contributed by atoms with van der Waals surface area (Å²) in [5.74, 6) is 0.807. The van der Waals surface area contributed by atoms with E-state index in [1.807, 2.05) is 43.3 Å². The summed E-state index contributed by atoms with van der Waals surface area (Å²) in [6, 6.07) is 15.0. The van der Waals surface area contributed by atoms with Crippen molar-refractivity contribution in [3.63, 3.8) is 0 Å². The number of alkyl carbamates (subject to hydrolysis) is 1. The van der Waals surface area contributed by atoms with Crippen molar-refractivity contribution < 1.29 is 24.2 Å².